The van der Waals surface area contributed by atoms with Gasteiger partial charge < -0.3 is 14.5 Å². The molecule has 1 heterocycles. The minimum atomic E-state index is -0.211. The van der Waals surface area contributed by atoms with E-state index in [4.69, 9.17) is 9.63 Å². The molecule has 0 bridgehead atoms. The summed E-state index contributed by atoms with van der Waals surface area (Å²) in [6, 6.07) is 7.53. The standard InChI is InChI=1S/C16H16N2O3/c1-12-10-17-21-15(12)16(20)18(2)11-14-6-3-5-13(9-14)7-4-8-19/h3,5-6,9-10,19H,8,11H2,1-2H3. The highest BCUT2D eigenvalue weighted by Gasteiger charge is 2.18. The fourth-order valence-corrected chi connectivity index (χ4v) is 1.90. The topological polar surface area (TPSA) is 66.6 Å². The number of rotatable bonds is 3. The third-order valence-electron chi connectivity index (χ3n) is 2.95. The van der Waals surface area contributed by atoms with Gasteiger partial charge in [0.25, 0.3) is 5.91 Å². The van der Waals surface area contributed by atoms with Gasteiger partial charge in [0.05, 0.1) is 6.20 Å². The second-order valence-corrected chi connectivity index (χ2v) is 4.66. The predicted molar refractivity (Wildman–Crippen MR) is 77.4 cm³/mol. The summed E-state index contributed by atoms with van der Waals surface area (Å²) < 4.78 is 4.97. The number of hydrogen-bond acceptors (Lipinski definition) is 4. The third kappa shape index (κ3) is 3.71. The number of aliphatic hydroxyl groups excluding tert-OH is 1. The van der Waals surface area contributed by atoms with E-state index in [9.17, 15) is 4.79 Å². The van der Waals surface area contributed by atoms with Gasteiger partial charge in [-0.2, -0.15) is 0 Å². The summed E-state index contributed by atoms with van der Waals surface area (Å²) in [5, 5.41) is 12.3. The molecular formula is C16H16N2O3. The molecule has 21 heavy (non-hydrogen) atoms. The van der Waals surface area contributed by atoms with E-state index < -0.39 is 0 Å². The first-order chi connectivity index (χ1) is 10.1. The van der Waals surface area contributed by atoms with Crippen molar-refractivity contribution in [3.05, 3.63) is 52.9 Å². The quantitative estimate of drug-likeness (QED) is 0.869. The van der Waals surface area contributed by atoms with Crippen molar-refractivity contribution in [2.24, 2.45) is 0 Å². The van der Waals surface area contributed by atoms with E-state index in [2.05, 4.69) is 17.0 Å². The molecule has 2 rings (SSSR count). The molecule has 0 aliphatic rings. The Hall–Kier alpha value is -2.58. The van der Waals surface area contributed by atoms with Crippen LogP contribution in [0.4, 0.5) is 0 Å². The molecule has 108 valence electrons. The van der Waals surface area contributed by atoms with E-state index in [0.717, 1.165) is 16.7 Å². The molecule has 0 aliphatic heterocycles. The number of benzene rings is 1. The molecule has 1 aromatic heterocycles. The number of nitrogens with zero attached hydrogens (tertiary/aromatic N) is 2. The van der Waals surface area contributed by atoms with Crippen LogP contribution in [0.25, 0.3) is 0 Å². The highest BCUT2D eigenvalue weighted by Crippen LogP contribution is 2.12. The third-order valence-corrected chi connectivity index (χ3v) is 2.95. The maximum Gasteiger partial charge on any atom is 0.292 e. The maximum atomic E-state index is 12.2. The van der Waals surface area contributed by atoms with Crippen molar-refractivity contribution in [2.45, 2.75) is 13.5 Å². The summed E-state index contributed by atoms with van der Waals surface area (Å²) in [6.45, 7) is 2.05. The zero-order valence-corrected chi connectivity index (χ0v) is 12.0. The van der Waals surface area contributed by atoms with Gasteiger partial charge in [-0.1, -0.05) is 29.1 Å². The summed E-state index contributed by atoms with van der Waals surface area (Å²) in [5.74, 6) is 5.49. The summed E-state index contributed by atoms with van der Waals surface area (Å²) in [6.07, 6.45) is 1.52. The predicted octanol–water partition coefficient (Wildman–Crippen LogP) is 1.60. The van der Waals surface area contributed by atoms with E-state index in [1.54, 1.807) is 18.9 Å². The maximum absolute atomic E-state index is 12.2. The van der Waals surface area contributed by atoms with Crippen LogP contribution in [0, 0.1) is 18.8 Å². The lowest BCUT2D eigenvalue weighted by Gasteiger charge is -2.16. The molecule has 0 unspecified atom stereocenters. The first-order valence-electron chi connectivity index (χ1n) is 6.47. The van der Waals surface area contributed by atoms with E-state index in [-0.39, 0.29) is 18.3 Å². The molecule has 5 nitrogen and oxygen atoms in total. The van der Waals surface area contributed by atoms with Crippen LogP contribution in [0.5, 0.6) is 0 Å². The zero-order valence-electron chi connectivity index (χ0n) is 12.0. The Morgan fingerprint density at radius 3 is 2.95 bits per heavy atom. The molecule has 0 atom stereocenters. The van der Waals surface area contributed by atoms with Crippen LogP contribution >= 0.6 is 0 Å². The average Bonchev–Trinajstić information content (AvgIpc) is 2.90. The molecule has 0 radical (unpaired) electrons. The monoisotopic (exact) mass is 284 g/mol. The summed E-state index contributed by atoms with van der Waals surface area (Å²) in [5.41, 5.74) is 2.47. The van der Waals surface area contributed by atoms with Crippen molar-refractivity contribution < 1.29 is 14.4 Å². The van der Waals surface area contributed by atoms with E-state index >= 15 is 0 Å². The highest BCUT2D eigenvalue weighted by atomic mass is 16.5. The average molecular weight is 284 g/mol. The van der Waals surface area contributed by atoms with Crippen molar-refractivity contribution in [3.63, 3.8) is 0 Å². The number of carbonyl (C=O) groups excluding carboxylic acids is 1. The van der Waals surface area contributed by atoms with Crippen molar-refractivity contribution in [2.75, 3.05) is 13.7 Å². The van der Waals surface area contributed by atoms with Crippen molar-refractivity contribution >= 4 is 5.91 Å². The lowest BCUT2D eigenvalue weighted by molar-refractivity contribution is 0.0742. The van der Waals surface area contributed by atoms with Gasteiger partial charge in [0, 0.05) is 24.7 Å². The smallest absolute Gasteiger partial charge is 0.292 e. The van der Waals surface area contributed by atoms with Crippen LogP contribution in [0.15, 0.2) is 35.0 Å². The SMILES string of the molecule is Cc1cnoc1C(=O)N(C)Cc1cccc(C#CCO)c1. The van der Waals surface area contributed by atoms with Gasteiger partial charge >= 0.3 is 0 Å². The van der Waals surface area contributed by atoms with Crippen LogP contribution in [-0.2, 0) is 6.54 Å². The number of aryl methyl sites for hydroxylation is 1. The van der Waals surface area contributed by atoms with Crippen LogP contribution in [0.3, 0.4) is 0 Å². The molecule has 0 saturated carbocycles. The largest absolute Gasteiger partial charge is 0.384 e. The van der Waals surface area contributed by atoms with Gasteiger partial charge in [-0.15, -0.1) is 0 Å². The number of carbonyl (C=O) groups is 1. The van der Waals surface area contributed by atoms with Gasteiger partial charge in [-0.25, -0.2) is 0 Å². The van der Waals surface area contributed by atoms with Crippen molar-refractivity contribution in [3.8, 4) is 11.8 Å². The Morgan fingerprint density at radius 2 is 2.29 bits per heavy atom. The lowest BCUT2D eigenvalue weighted by Crippen LogP contribution is -2.26. The van der Waals surface area contributed by atoms with Crippen molar-refractivity contribution in [1.82, 2.24) is 10.1 Å². The summed E-state index contributed by atoms with van der Waals surface area (Å²) in [7, 11) is 1.70. The zero-order chi connectivity index (χ0) is 15.2. The normalized spacial score (nSPS) is 9.86. The molecule has 0 fully saturated rings. The Labute approximate surface area is 123 Å². The van der Waals surface area contributed by atoms with Crippen LogP contribution in [-0.4, -0.2) is 34.7 Å². The molecule has 1 aromatic carbocycles. The molecular weight excluding hydrogens is 268 g/mol. The van der Waals surface area contributed by atoms with Gasteiger partial charge in [-0.3, -0.25) is 4.79 Å². The molecule has 5 heteroatoms. The number of hydrogen-bond donors (Lipinski definition) is 1. The van der Waals surface area contributed by atoms with Crippen LogP contribution < -0.4 is 0 Å². The summed E-state index contributed by atoms with van der Waals surface area (Å²) in [4.78, 5) is 13.8. The number of aliphatic hydroxyl groups is 1. The van der Waals surface area contributed by atoms with Crippen molar-refractivity contribution in [1.29, 1.82) is 0 Å². The van der Waals surface area contributed by atoms with Gasteiger partial charge in [0.2, 0.25) is 5.76 Å². The molecule has 1 N–H and O–H groups in total. The lowest BCUT2D eigenvalue weighted by atomic mass is 10.1. The fraction of sp³-hybridized carbons (Fsp3) is 0.250. The van der Waals surface area contributed by atoms with Gasteiger partial charge in [-0.05, 0) is 24.6 Å². The molecule has 0 saturated heterocycles. The van der Waals surface area contributed by atoms with E-state index in [1.165, 1.54) is 6.20 Å². The molecule has 0 spiro atoms. The van der Waals surface area contributed by atoms with E-state index in [0.29, 0.717) is 6.54 Å². The van der Waals surface area contributed by atoms with E-state index in [1.807, 2.05) is 24.3 Å². The Morgan fingerprint density at radius 1 is 1.48 bits per heavy atom. The number of amides is 1. The minimum Gasteiger partial charge on any atom is -0.384 e. The Balaban J connectivity index is 2.11. The van der Waals surface area contributed by atoms with Crippen LogP contribution in [0.1, 0.15) is 27.2 Å². The second-order valence-electron chi connectivity index (χ2n) is 4.66. The highest BCUT2D eigenvalue weighted by molar-refractivity contribution is 5.92. The fourth-order valence-electron chi connectivity index (χ4n) is 1.90. The molecule has 2 aromatic rings. The Kier molecular flexibility index (Phi) is 4.75. The summed E-state index contributed by atoms with van der Waals surface area (Å²) >= 11 is 0. The number of aromatic nitrogens is 1. The molecule has 1 amide bonds. The van der Waals surface area contributed by atoms with Gasteiger partial charge in [0.15, 0.2) is 0 Å². The first-order valence-corrected chi connectivity index (χ1v) is 6.47. The van der Waals surface area contributed by atoms with Gasteiger partial charge in [0.1, 0.15) is 6.61 Å². The minimum absolute atomic E-state index is 0.173. The molecule has 0 aliphatic carbocycles. The van der Waals surface area contributed by atoms with Crippen LogP contribution in [0.2, 0.25) is 0 Å². The Bertz CT molecular complexity index is 695. The second kappa shape index (κ2) is 6.73. The first kappa shape index (κ1) is 14.8.